The summed E-state index contributed by atoms with van der Waals surface area (Å²) in [4.78, 5) is 4.23. The Morgan fingerprint density at radius 1 is 1.44 bits per heavy atom. The van der Waals surface area contributed by atoms with Crippen molar-refractivity contribution in [2.75, 3.05) is 16.8 Å². The van der Waals surface area contributed by atoms with E-state index in [9.17, 15) is 0 Å². The van der Waals surface area contributed by atoms with Crippen LogP contribution in [0.2, 0.25) is 0 Å². The number of rotatable bonds is 6. The molecule has 0 spiro atoms. The molecule has 0 fully saturated rings. The number of aromatic nitrogens is 3. The zero-order chi connectivity index (χ0) is 13.0. The highest BCUT2D eigenvalue weighted by molar-refractivity contribution is 7.99. The van der Waals surface area contributed by atoms with Crippen LogP contribution in [0.4, 0.5) is 5.82 Å². The highest BCUT2D eigenvalue weighted by atomic mass is 32.2. The number of anilines is 1. The fourth-order valence-corrected chi connectivity index (χ4v) is 2.70. The average Bonchev–Trinajstić information content (AvgIpc) is 2.77. The topological polar surface area (TPSA) is 42.2 Å². The van der Waals surface area contributed by atoms with Crippen LogP contribution in [0.25, 0.3) is 5.65 Å². The lowest BCUT2D eigenvalue weighted by atomic mass is 10.2. The summed E-state index contributed by atoms with van der Waals surface area (Å²) in [5.41, 5.74) is 2.10. The molecule has 2 aromatic rings. The van der Waals surface area contributed by atoms with Crippen LogP contribution in [0.1, 0.15) is 25.8 Å². The summed E-state index contributed by atoms with van der Waals surface area (Å²) in [5, 5.41) is 7.76. The molecule has 0 bridgehead atoms. The third kappa shape index (κ3) is 3.16. The summed E-state index contributed by atoms with van der Waals surface area (Å²) in [6.07, 6.45) is 2.75. The molecular formula is C13H20N4S. The van der Waals surface area contributed by atoms with Gasteiger partial charge in [-0.3, -0.25) is 0 Å². The van der Waals surface area contributed by atoms with Gasteiger partial charge in [0.2, 0.25) is 0 Å². The molecule has 0 aliphatic heterocycles. The molecule has 2 aromatic heterocycles. The molecule has 5 heteroatoms. The van der Waals surface area contributed by atoms with E-state index >= 15 is 0 Å². The second-order valence-corrected chi connectivity index (χ2v) is 5.87. The fourth-order valence-electron chi connectivity index (χ4n) is 1.89. The van der Waals surface area contributed by atoms with Gasteiger partial charge in [0, 0.05) is 6.04 Å². The van der Waals surface area contributed by atoms with Gasteiger partial charge < -0.3 is 5.32 Å². The predicted octanol–water partition coefficient (Wildman–Crippen LogP) is 2.98. The van der Waals surface area contributed by atoms with Crippen molar-refractivity contribution >= 4 is 23.2 Å². The normalized spacial score (nSPS) is 12.8. The van der Waals surface area contributed by atoms with Gasteiger partial charge in [0.1, 0.15) is 12.1 Å². The average molecular weight is 264 g/mol. The third-order valence-corrected chi connectivity index (χ3v) is 3.75. The van der Waals surface area contributed by atoms with E-state index in [1.54, 1.807) is 6.33 Å². The van der Waals surface area contributed by atoms with E-state index < -0.39 is 0 Å². The summed E-state index contributed by atoms with van der Waals surface area (Å²) in [5.74, 6) is 3.40. The Morgan fingerprint density at radius 3 is 3.06 bits per heavy atom. The van der Waals surface area contributed by atoms with Gasteiger partial charge in [-0.05, 0) is 49.5 Å². The highest BCUT2D eigenvalue weighted by Gasteiger charge is 2.07. The van der Waals surface area contributed by atoms with Crippen LogP contribution >= 0.6 is 11.8 Å². The van der Waals surface area contributed by atoms with Gasteiger partial charge in [-0.2, -0.15) is 21.4 Å². The number of nitrogens with zero attached hydrogens (tertiary/aromatic N) is 3. The molecule has 2 heterocycles. The van der Waals surface area contributed by atoms with Crippen molar-refractivity contribution in [3.63, 3.8) is 0 Å². The third-order valence-electron chi connectivity index (χ3n) is 2.82. The number of fused-ring (bicyclic) bond motifs is 1. The Balaban J connectivity index is 2.08. The zero-order valence-electron chi connectivity index (χ0n) is 11.2. The van der Waals surface area contributed by atoms with Crippen LogP contribution in [0.3, 0.4) is 0 Å². The van der Waals surface area contributed by atoms with Crippen LogP contribution in [0.15, 0.2) is 18.5 Å². The van der Waals surface area contributed by atoms with E-state index in [1.165, 1.54) is 17.1 Å². The van der Waals surface area contributed by atoms with E-state index in [1.807, 2.05) is 22.3 Å². The number of hydrogen-bond acceptors (Lipinski definition) is 4. The van der Waals surface area contributed by atoms with Gasteiger partial charge in [-0.25, -0.2) is 4.98 Å². The number of aryl methyl sites for hydroxylation is 1. The van der Waals surface area contributed by atoms with E-state index in [-0.39, 0.29) is 0 Å². The standard InChI is InChI=1S/C13H20N4S/c1-4-18-6-5-11(3)16-13-8-10(2)7-12-14-9-15-17(12)13/h7-9,11,16H,4-6H2,1-3H3. The van der Waals surface area contributed by atoms with Crippen LogP contribution in [0.5, 0.6) is 0 Å². The van der Waals surface area contributed by atoms with E-state index in [4.69, 9.17) is 0 Å². The van der Waals surface area contributed by atoms with Gasteiger partial charge in [-0.1, -0.05) is 6.92 Å². The maximum Gasteiger partial charge on any atom is 0.157 e. The molecule has 0 radical (unpaired) electrons. The SMILES string of the molecule is CCSCCC(C)Nc1cc(C)cc2ncnn12. The Hall–Kier alpha value is -1.23. The Morgan fingerprint density at radius 2 is 2.28 bits per heavy atom. The molecule has 1 N–H and O–H groups in total. The largest absolute Gasteiger partial charge is 0.367 e. The zero-order valence-corrected chi connectivity index (χ0v) is 12.0. The first kappa shape index (κ1) is 13.2. The lowest BCUT2D eigenvalue weighted by Gasteiger charge is -2.16. The lowest BCUT2D eigenvalue weighted by molar-refractivity contribution is 0.756. The molecule has 0 aliphatic rings. The van der Waals surface area contributed by atoms with E-state index in [2.05, 4.69) is 42.2 Å². The molecule has 0 aliphatic carbocycles. The molecule has 0 saturated carbocycles. The van der Waals surface area contributed by atoms with Crippen LogP contribution < -0.4 is 5.32 Å². The Bertz CT molecular complexity index is 509. The van der Waals surface area contributed by atoms with Crippen molar-refractivity contribution in [3.05, 3.63) is 24.0 Å². The van der Waals surface area contributed by atoms with Crippen molar-refractivity contribution in [1.29, 1.82) is 0 Å². The maximum absolute atomic E-state index is 4.25. The Labute approximate surface area is 112 Å². The second kappa shape index (κ2) is 6.09. The molecule has 0 saturated heterocycles. The molecule has 4 nitrogen and oxygen atoms in total. The molecule has 1 atom stereocenters. The molecule has 0 aromatic carbocycles. The molecule has 0 amide bonds. The number of hydrogen-bond donors (Lipinski definition) is 1. The van der Waals surface area contributed by atoms with Gasteiger partial charge in [0.05, 0.1) is 0 Å². The van der Waals surface area contributed by atoms with Crippen LogP contribution in [-0.4, -0.2) is 32.1 Å². The minimum atomic E-state index is 0.443. The first-order chi connectivity index (χ1) is 8.70. The quantitative estimate of drug-likeness (QED) is 0.815. The molecule has 18 heavy (non-hydrogen) atoms. The van der Waals surface area contributed by atoms with E-state index in [0.717, 1.165) is 17.9 Å². The van der Waals surface area contributed by atoms with Crippen molar-refractivity contribution in [2.45, 2.75) is 33.2 Å². The van der Waals surface area contributed by atoms with Gasteiger partial charge in [-0.15, -0.1) is 0 Å². The van der Waals surface area contributed by atoms with Gasteiger partial charge in [0.15, 0.2) is 5.65 Å². The summed E-state index contributed by atoms with van der Waals surface area (Å²) >= 11 is 1.98. The van der Waals surface area contributed by atoms with Crippen LogP contribution in [-0.2, 0) is 0 Å². The first-order valence-electron chi connectivity index (χ1n) is 6.35. The highest BCUT2D eigenvalue weighted by Crippen LogP contribution is 2.15. The van der Waals surface area contributed by atoms with Crippen molar-refractivity contribution in [1.82, 2.24) is 14.6 Å². The fraction of sp³-hybridized carbons (Fsp3) is 0.538. The molecule has 1 unspecified atom stereocenters. The number of thioether (sulfide) groups is 1. The van der Waals surface area contributed by atoms with E-state index in [0.29, 0.717) is 6.04 Å². The number of pyridine rings is 1. The summed E-state index contributed by atoms with van der Waals surface area (Å²) < 4.78 is 1.86. The van der Waals surface area contributed by atoms with Gasteiger partial charge >= 0.3 is 0 Å². The first-order valence-corrected chi connectivity index (χ1v) is 7.51. The van der Waals surface area contributed by atoms with Crippen molar-refractivity contribution in [2.24, 2.45) is 0 Å². The maximum atomic E-state index is 4.25. The number of nitrogens with one attached hydrogen (secondary N) is 1. The van der Waals surface area contributed by atoms with Crippen molar-refractivity contribution in [3.8, 4) is 0 Å². The summed E-state index contributed by atoms with van der Waals surface area (Å²) in [6.45, 7) is 6.49. The summed E-state index contributed by atoms with van der Waals surface area (Å²) in [7, 11) is 0. The summed E-state index contributed by atoms with van der Waals surface area (Å²) in [6, 6.07) is 4.60. The van der Waals surface area contributed by atoms with Crippen LogP contribution in [0, 0.1) is 6.92 Å². The predicted molar refractivity (Wildman–Crippen MR) is 78.4 cm³/mol. The molecular weight excluding hydrogens is 244 g/mol. The minimum Gasteiger partial charge on any atom is -0.367 e. The molecule has 2 rings (SSSR count). The Kier molecular flexibility index (Phi) is 4.47. The smallest absolute Gasteiger partial charge is 0.157 e. The minimum absolute atomic E-state index is 0.443. The molecule has 98 valence electrons. The monoisotopic (exact) mass is 264 g/mol. The van der Waals surface area contributed by atoms with Crippen molar-refractivity contribution < 1.29 is 0 Å². The van der Waals surface area contributed by atoms with Gasteiger partial charge in [0.25, 0.3) is 0 Å². The second-order valence-electron chi connectivity index (χ2n) is 4.48. The lowest BCUT2D eigenvalue weighted by Crippen LogP contribution is -2.18.